The van der Waals surface area contributed by atoms with Crippen molar-refractivity contribution >= 4 is 28.5 Å². The summed E-state index contributed by atoms with van der Waals surface area (Å²) in [5.41, 5.74) is -0.272. The third kappa shape index (κ3) is 2.87. The van der Waals surface area contributed by atoms with Gasteiger partial charge in [-0.1, -0.05) is 0 Å². The zero-order chi connectivity index (χ0) is 14.3. The summed E-state index contributed by atoms with van der Waals surface area (Å²) in [6.45, 7) is 0. The molecule has 0 aliphatic carbocycles. The normalized spacial score (nSPS) is 12.6. The van der Waals surface area contributed by atoms with Crippen LogP contribution in [-0.4, -0.2) is 5.91 Å². The Kier molecular flexibility index (Phi) is 3.84. The van der Waals surface area contributed by atoms with Crippen molar-refractivity contribution in [2.75, 3.05) is 0 Å². The SMILES string of the molecule is NC(=O)c1c(C(F)(F)F)ccc(I)c1C(F)(F)F. The number of carbonyl (C=O) groups is 1. The number of carbonyl (C=O) groups excluding carboxylic acids is 1. The predicted molar refractivity (Wildman–Crippen MR) is 57.7 cm³/mol. The van der Waals surface area contributed by atoms with Gasteiger partial charge in [0.2, 0.25) is 5.91 Å². The minimum Gasteiger partial charge on any atom is -0.366 e. The third-order valence-electron chi connectivity index (χ3n) is 1.99. The maximum Gasteiger partial charge on any atom is 0.418 e. The van der Waals surface area contributed by atoms with Gasteiger partial charge in [-0.3, -0.25) is 4.79 Å². The first-order valence-electron chi connectivity index (χ1n) is 4.23. The van der Waals surface area contributed by atoms with Gasteiger partial charge in [-0.15, -0.1) is 0 Å². The number of hydrogen-bond acceptors (Lipinski definition) is 1. The highest BCUT2D eigenvalue weighted by Gasteiger charge is 2.43. The van der Waals surface area contributed by atoms with Crippen LogP contribution in [-0.2, 0) is 12.4 Å². The van der Waals surface area contributed by atoms with Crippen molar-refractivity contribution in [2.45, 2.75) is 12.4 Å². The lowest BCUT2D eigenvalue weighted by Crippen LogP contribution is -2.25. The second-order valence-corrected chi connectivity index (χ2v) is 4.37. The van der Waals surface area contributed by atoms with E-state index in [-0.39, 0.29) is 0 Å². The van der Waals surface area contributed by atoms with Gasteiger partial charge in [-0.2, -0.15) is 26.3 Å². The van der Waals surface area contributed by atoms with Crippen molar-refractivity contribution in [1.29, 1.82) is 0 Å². The molecule has 0 fully saturated rings. The molecular formula is C9H4F6INO. The molecule has 1 aromatic rings. The molecule has 0 unspecified atom stereocenters. The zero-order valence-electron chi connectivity index (χ0n) is 8.29. The van der Waals surface area contributed by atoms with Crippen molar-refractivity contribution < 1.29 is 31.1 Å². The highest BCUT2D eigenvalue weighted by Crippen LogP contribution is 2.41. The number of benzene rings is 1. The Bertz CT molecular complexity index is 493. The first kappa shape index (κ1) is 15.1. The minimum absolute atomic E-state index is 0.400. The molecule has 0 bridgehead atoms. The van der Waals surface area contributed by atoms with Gasteiger partial charge in [0.25, 0.3) is 0 Å². The van der Waals surface area contributed by atoms with Crippen LogP contribution in [0.25, 0.3) is 0 Å². The molecule has 0 aliphatic rings. The van der Waals surface area contributed by atoms with Crippen LogP contribution in [0, 0.1) is 3.57 Å². The van der Waals surface area contributed by atoms with Crippen molar-refractivity contribution in [3.63, 3.8) is 0 Å². The number of halogens is 7. The molecule has 0 aromatic heterocycles. The highest BCUT2D eigenvalue weighted by molar-refractivity contribution is 14.1. The second kappa shape index (κ2) is 4.59. The first-order chi connectivity index (χ1) is 7.96. The average molecular weight is 383 g/mol. The molecule has 2 nitrogen and oxygen atoms in total. The Morgan fingerprint density at radius 2 is 1.56 bits per heavy atom. The van der Waals surface area contributed by atoms with Crippen LogP contribution in [0.4, 0.5) is 26.3 Å². The lowest BCUT2D eigenvalue weighted by molar-refractivity contribution is -0.144. The fraction of sp³-hybridized carbons (Fsp3) is 0.222. The number of nitrogens with two attached hydrogens (primary N) is 1. The van der Waals surface area contributed by atoms with Gasteiger partial charge in [-0.25, -0.2) is 0 Å². The van der Waals surface area contributed by atoms with Crippen LogP contribution in [0.15, 0.2) is 12.1 Å². The molecule has 0 spiro atoms. The average Bonchev–Trinajstić information content (AvgIpc) is 2.12. The number of primary amides is 1. The molecule has 0 aliphatic heterocycles. The van der Waals surface area contributed by atoms with Crippen molar-refractivity contribution in [3.8, 4) is 0 Å². The first-order valence-corrected chi connectivity index (χ1v) is 5.31. The molecule has 2 N–H and O–H groups in total. The van der Waals surface area contributed by atoms with Crippen LogP contribution in [0.2, 0.25) is 0 Å². The van der Waals surface area contributed by atoms with Gasteiger partial charge in [0, 0.05) is 3.57 Å². The van der Waals surface area contributed by atoms with E-state index in [2.05, 4.69) is 5.73 Å². The molecule has 9 heteroatoms. The maximum atomic E-state index is 12.7. The van der Waals surface area contributed by atoms with Gasteiger partial charge in [0.05, 0.1) is 16.7 Å². The Morgan fingerprint density at radius 1 is 1.06 bits per heavy atom. The van der Waals surface area contributed by atoms with E-state index in [4.69, 9.17) is 0 Å². The summed E-state index contributed by atoms with van der Waals surface area (Å²) >= 11 is 1.19. The lowest BCUT2D eigenvalue weighted by atomic mass is 9.99. The molecule has 1 amide bonds. The van der Waals surface area contributed by atoms with E-state index in [9.17, 15) is 31.1 Å². The van der Waals surface area contributed by atoms with Crippen molar-refractivity contribution in [2.24, 2.45) is 5.73 Å². The van der Waals surface area contributed by atoms with Crippen molar-refractivity contribution in [1.82, 2.24) is 0 Å². The number of hydrogen-bond donors (Lipinski definition) is 1. The Labute approximate surface area is 110 Å². The summed E-state index contributed by atoms with van der Waals surface area (Å²) in [7, 11) is 0. The summed E-state index contributed by atoms with van der Waals surface area (Å²) in [5, 5.41) is 0. The molecule has 0 atom stereocenters. The molecule has 0 saturated heterocycles. The summed E-state index contributed by atoms with van der Waals surface area (Å²) in [6, 6.07) is 1.04. The molecule has 1 rings (SSSR count). The highest BCUT2D eigenvalue weighted by atomic mass is 127. The van der Waals surface area contributed by atoms with E-state index in [1.165, 1.54) is 22.6 Å². The molecule has 100 valence electrons. The number of rotatable bonds is 1. The van der Waals surface area contributed by atoms with Crippen LogP contribution < -0.4 is 5.73 Å². The number of amides is 1. The maximum absolute atomic E-state index is 12.7. The summed E-state index contributed by atoms with van der Waals surface area (Å²) in [5.74, 6) is -1.77. The van der Waals surface area contributed by atoms with E-state index in [0.29, 0.717) is 12.1 Å². The Balaban J connectivity index is 3.76. The Morgan fingerprint density at radius 3 is 1.89 bits per heavy atom. The van der Waals surface area contributed by atoms with Gasteiger partial charge >= 0.3 is 12.4 Å². The second-order valence-electron chi connectivity index (χ2n) is 3.20. The number of alkyl halides is 6. The summed E-state index contributed by atoms with van der Waals surface area (Å²) in [6.07, 6.45) is -10.2. The third-order valence-corrected chi connectivity index (χ3v) is 2.89. The predicted octanol–water partition coefficient (Wildman–Crippen LogP) is 3.43. The quantitative estimate of drug-likeness (QED) is 0.586. The molecule has 18 heavy (non-hydrogen) atoms. The molecule has 0 heterocycles. The minimum atomic E-state index is -5.10. The molecule has 0 radical (unpaired) electrons. The summed E-state index contributed by atoms with van der Waals surface area (Å²) < 4.78 is 75.0. The summed E-state index contributed by atoms with van der Waals surface area (Å²) in [4.78, 5) is 10.9. The zero-order valence-corrected chi connectivity index (χ0v) is 10.4. The molecular weight excluding hydrogens is 379 g/mol. The van der Waals surface area contributed by atoms with Gasteiger partial charge in [-0.05, 0) is 34.7 Å². The molecule has 0 saturated carbocycles. The van der Waals surface area contributed by atoms with Crippen LogP contribution in [0.1, 0.15) is 21.5 Å². The van der Waals surface area contributed by atoms with Crippen molar-refractivity contribution in [3.05, 3.63) is 32.4 Å². The fourth-order valence-electron chi connectivity index (χ4n) is 1.35. The van der Waals surface area contributed by atoms with E-state index in [1.807, 2.05) is 0 Å². The smallest absolute Gasteiger partial charge is 0.366 e. The van der Waals surface area contributed by atoms with Crippen LogP contribution in [0.3, 0.4) is 0 Å². The van der Waals surface area contributed by atoms with Crippen LogP contribution >= 0.6 is 22.6 Å². The largest absolute Gasteiger partial charge is 0.418 e. The Hall–Kier alpha value is -1.00. The molecule has 1 aromatic carbocycles. The van der Waals surface area contributed by atoms with E-state index in [0.717, 1.165) is 0 Å². The van der Waals surface area contributed by atoms with E-state index < -0.39 is 38.5 Å². The topological polar surface area (TPSA) is 43.1 Å². The van der Waals surface area contributed by atoms with E-state index in [1.54, 1.807) is 0 Å². The standard InChI is InChI=1S/C9H4F6INO/c10-8(11,12)3-1-2-4(16)6(9(13,14)15)5(3)7(17)18/h1-2H,(H2,17,18). The van der Waals surface area contributed by atoms with E-state index >= 15 is 0 Å². The van der Waals surface area contributed by atoms with Gasteiger partial charge in [0.1, 0.15) is 0 Å². The lowest BCUT2D eigenvalue weighted by Gasteiger charge is -2.17. The van der Waals surface area contributed by atoms with Gasteiger partial charge in [0.15, 0.2) is 0 Å². The monoisotopic (exact) mass is 383 g/mol. The van der Waals surface area contributed by atoms with Crippen LogP contribution in [0.5, 0.6) is 0 Å². The van der Waals surface area contributed by atoms with Gasteiger partial charge < -0.3 is 5.73 Å². The fourth-order valence-corrected chi connectivity index (χ4v) is 2.10.